The molecule has 100 valence electrons. The van der Waals surface area contributed by atoms with Gasteiger partial charge >= 0.3 is 0 Å². The molecule has 0 aromatic heterocycles. The number of hydrogen-bond donors (Lipinski definition) is 2. The number of benzene rings is 2. The molecule has 1 unspecified atom stereocenters. The molecule has 2 rings (SSSR count). The second-order valence-electron chi connectivity index (χ2n) is 4.78. The highest BCUT2D eigenvalue weighted by Gasteiger charge is 2.07. The van der Waals surface area contributed by atoms with Crippen molar-refractivity contribution in [2.45, 2.75) is 26.4 Å². The zero-order chi connectivity index (χ0) is 13.8. The monoisotopic (exact) mass is 259 g/mol. The van der Waals surface area contributed by atoms with Crippen LogP contribution in [0.2, 0.25) is 0 Å². The minimum Gasteiger partial charge on any atom is -0.508 e. The SMILES string of the molecule is Cc1ccc(C(C)NCc2ccc(O)cc2)cc1F. The molecule has 0 heterocycles. The summed E-state index contributed by atoms with van der Waals surface area (Å²) < 4.78 is 13.5. The van der Waals surface area contributed by atoms with E-state index in [-0.39, 0.29) is 17.6 Å². The molecule has 0 radical (unpaired) electrons. The topological polar surface area (TPSA) is 32.3 Å². The maximum Gasteiger partial charge on any atom is 0.126 e. The highest BCUT2D eigenvalue weighted by atomic mass is 19.1. The number of hydrogen-bond acceptors (Lipinski definition) is 2. The Hall–Kier alpha value is -1.87. The Morgan fingerprint density at radius 1 is 1.16 bits per heavy atom. The molecule has 19 heavy (non-hydrogen) atoms. The van der Waals surface area contributed by atoms with Crippen molar-refractivity contribution in [2.24, 2.45) is 0 Å². The van der Waals surface area contributed by atoms with Crippen LogP contribution in [0.4, 0.5) is 4.39 Å². The first-order valence-corrected chi connectivity index (χ1v) is 6.33. The van der Waals surface area contributed by atoms with E-state index < -0.39 is 0 Å². The molecule has 0 aliphatic carbocycles. The van der Waals surface area contributed by atoms with E-state index in [1.165, 1.54) is 0 Å². The van der Waals surface area contributed by atoms with E-state index in [4.69, 9.17) is 0 Å². The molecule has 1 atom stereocenters. The van der Waals surface area contributed by atoms with Gasteiger partial charge in [-0.05, 0) is 48.7 Å². The molecular weight excluding hydrogens is 241 g/mol. The van der Waals surface area contributed by atoms with Gasteiger partial charge in [0.2, 0.25) is 0 Å². The number of rotatable bonds is 4. The lowest BCUT2D eigenvalue weighted by Gasteiger charge is -2.15. The summed E-state index contributed by atoms with van der Waals surface area (Å²) in [5.41, 5.74) is 2.67. The minimum atomic E-state index is -0.171. The summed E-state index contributed by atoms with van der Waals surface area (Å²) in [7, 11) is 0. The third-order valence-electron chi connectivity index (χ3n) is 3.24. The number of nitrogens with one attached hydrogen (secondary N) is 1. The van der Waals surface area contributed by atoms with Crippen molar-refractivity contribution in [3.8, 4) is 5.75 Å². The number of phenols is 1. The molecule has 0 aliphatic heterocycles. The van der Waals surface area contributed by atoms with E-state index in [0.717, 1.165) is 11.1 Å². The second kappa shape index (κ2) is 5.85. The van der Waals surface area contributed by atoms with E-state index in [1.807, 2.05) is 25.1 Å². The summed E-state index contributed by atoms with van der Waals surface area (Å²) in [6.07, 6.45) is 0. The van der Waals surface area contributed by atoms with Crippen LogP contribution < -0.4 is 5.32 Å². The predicted octanol–water partition coefficient (Wildman–Crippen LogP) is 3.69. The van der Waals surface area contributed by atoms with Crippen LogP contribution in [0.1, 0.15) is 29.7 Å². The van der Waals surface area contributed by atoms with Crippen molar-refractivity contribution >= 4 is 0 Å². The van der Waals surface area contributed by atoms with E-state index in [0.29, 0.717) is 12.1 Å². The number of phenolic OH excluding ortho intramolecular Hbond substituents is 1. The average Bonchev–Trinajstić information content (AvgIpc) is 2.41. The van der Waals surface area contributed by atoms with Gasteiger partial charge in [0.25, 0.3) is 0 Å². The van der Waals surface area contributed by atoms with Crippen molar-refractivity contribution in [1.29, 1.82) is 0 Å². The van der Waals surface area contributed by atoms with E-state index in [2.05, 4.69) is 5.32 Å². The highest BCUT2D eigenvalue weighted by Crippen LogP contribution is 2.17. The molecular formula is C16H18FNO. The van der Waals surface area contributed by atoms with Gasteiger partial charge in [-0.2, -0.15) is 0 Å². The molecule has 2 aromatic carbocycles. The molecule has 0 aliphatic rings. The van der Waals surface area contributed by atoms with Gasteiger partial charge in [-0.1, -0.05) is 24.3 Å². The summed E-state index contributed by atoms with van der Waals surface area (Å²) in [6, 6.07) is 12.4. The fourth-order valence-corrected chi connectivity index (χ4v) is 1.88. The van der Waals surface area contributed by atoms with Gasteiger partial charge in [-0.15, -0.1) is 0 Å². The smallest absolute Gasteiger partial charge is 0.126 e. The zero-order valence-electron chi connectivity index (χ0n) is 11.2. The van der Waals surface area contributed by atoms with Crippen LogP contribution >= 0.6 is 0 Å². The maximum absolute atomic E-state index is 13.5. The number of aromatic hydroxyl groups is 1. The van der Waals surface area contributed by atoms with Crippen LogP contribution in [0, 0.1) is 12.7 Å². The fraction of sp³-hybridized carbons (Fsp3) is 0.250. The molecule has 0 fully saturated rings. The van der Waals surface area contributed by atoms with Gasteiger partial charge in [-0.3, -0.25) is 0 Å². The van der Waals surface area contributed by atoms with Crippen molar-refractivity contribution in [3.05, 3.63) is 65.0 Å². The molecule has 2 N–H and O–H groups in total. The summed E-state index contributed by atoms with van der Waals surface area (Å²) in [6.45, 7) is 4.44. The van der Waals surface area contributed by atoms with Crippen molar-refractivity contribution in [3.63, 3.8) is 0 Å². The molecule has 0 amide bonds. The highest BCUT2D eigenvalue weighted by molar-refractivity contribution is 5.27. The van der Waals surface area contributed by atoms with E-state index in [9.17, 15) is 9.50 Å². The lowest BCUT2D eigenvalue weighted by atomic mass is 10.1. The zero-order valence-corrected chi connectivity index (χ0v) is 11.2. The Kier molecular flexibility index (Phi) is 4.17. The Morgan fingerprint density at radius 3 is 2.47 bits per heavy atom. The van der Waals surface area contributed by atoms with Crippen molar-refractivity contribution in [1.82, 2.24) is 5.32 Å². The fourth-order valence-electron chi connectivity index (χ4n) is 1.88. The number of aryl methyl sites for hydroxylation is 1. The average molecular weight is 259 g/mol. The molecule has 2 aromatic rings. The Morgan fingerprint density at radius 2 is 1.84 bits per heavy atom. The predicted molar refractivity (Wildman–Crippen MR) is 74.5 cm³/mol. The van der Waals surface area contributed by atoms with Crippen LogP contribution in [0.3, 0.4) is 0 Å². The summed E-state index contributed by atoms with van der Waals surface area (Å²) in [4.78, 5) is 0. The van der Waals surface area contributed by atoms with Crippen LogP contribution in [-0.2, 0) is 6.54 Å². The van der Waals surface area contributed by atoms with Crippen LogP contribution in [0.25, 0.3) is 0 Å². The van der Waals surface area contributed by atoms with Gasteiger partial charge in [0, 0.05) is 12.6 Å². The molecule has 0 saturated carbocycles. The summed E-state index contributed by atoms with van der Waals surface area (Å²) in [5.74, 6) is 0.0909. The largest absolute Gasteiger partial charge is 0.508 e. The van der Waals surface area contributed by atoms with Crippen molar-refractivity contribution in [2.75, 3.05) is 0 Å². The van der Waals surface area contributed by atoms with Crippen LogP contribution in [-0.4, -0.2) is 5.11 Å². The Labute approximate surface area is 112 Å². The first-order chi connectivity index (χ1) is 9.06. The van der Waals surface area contributed by atoms with Gasteiger partial charge < -0.3 is 10.4 Å². The lowest BCUT2D eigenvalue weighted by molar-refractivity contribution is 0.474. The minimum absolute atomic E-state index is 0.0731. The molecule has 3 heteroatoms. The summed E-state index contributed by atoms with van der Waals surface area (Å²) >= 11 is 0. The molecule has 0 bridgehead atoms. The molecule has 0 spiro atoms. The van der Waals surface area contributed by atoms with Gasteiger partial charge in [0.05, 0.1) is 0 Å². The van der Waals surface area contributed by atoms with Crippen molar-refractivity contribution < 1.29 is 9.50 Å². The first kappa shape index (κ1) is 13.6. The van der Waals surface area contributed by atoms with Crippen LogP contribution in [0.15, 0.2) is 42.5 Å². The summed E-state index contributed by atoms with van der Waals surface area (Å²) in [5, 5.41) is 12.5. The van der Waals surface area contributed by atoms with E-state index >= 15 is 0 Å². The third-order valence-corrected chi connectivity index (χ3v) is 3.24. The third kappa shape index (κ3) is 3.55. The standard InChI is InChI=1S/C16H18FNO/c1-11-3-6-14(9-16(11)17)12(2)18-10-13-4-7-15(19)8-5-13/h3-9,12,18-19H,10H2,1-2H3. The molecule has 0 saturated heterocycles. The molecule has 2 nitrogen and oxygen atoms in total. The van der Waals surface area contributed by atoms with Crippen LogP contribution in [0.5, 0.6) is 5.75 Å². The quantitative estimate of drug-likeness (QED) is 0.877. The maximum atomic E-state index is 13.5. The normalized spacial score (nSPS) is 12.4. The lowest BCUT2D eigenvalue weighted by Crippen LogP contribution is -2.18. The van der Waals surface area contributed by atoms with Gasteiger partial charge in [0.1, 0.15) is 11.6 Å². The number of halogens is 1. The first-order valence-electron chi connectivity index (χ1n) is 6.33. The Bertz CT molecular complexity index is 551. The van der Waals surface area contributed by atoms with Gasteiger partial charge in [0.15, 0.2) is 0 Å². The Balaban J connectivity index is 1.98. The second-order valence-corrected chi connectivity index (χ2v) is 4.78. The van der Waals surface area contributed by atoms with Gasteiger partial charge in [-0.25, -0.2) is 4.39 Å². The van der Waals surface area contributed by atoms with E-state index in [1.54, 1.807) is 31.2 Å².